The van der Waals surface area contributed by atoms with Gasteiger partial charge in [-0.15, -0.1) is 0 Å². The van der Waals surface area contributed by atoms with Gasteiger partial charge < -0.3 is 10.5 Å². The van der Waals surface area contributed by atoms with Crippen molar-refractivity contribution >= 4 is 5.78 Å². The summed E-state index contributed by atoms with van der Waals surface area (Å²) in [6.45, 7) is 0.642. The van der Waals surface area contributed by atoms with Crippen LogP contribution in [0.5, 0.6) is 0 Å². The van der Waals surface area contributed by atoms with Crippen molar-refractivity contribution in [2.24, 2.45) is 11.7 Å². The number of carbonyl (C=O) groups is 1. The number of hydrogen-bond acceptors (Lipinski definition) is 3. The van der Waals surface area contributed by atoms with Gasteiger partial charge in [-0.2, -0.15) is 0 Å². The summed E-state index contributed by atoms with van der Waals surface area (Å²) < 4.78 is 5.20. The van der Waals surface area contributed by atoms with E-state index >= 15 is 0 Å². The molecule has 0 saturated heterocycles. The molecule has 0 spiro atoms. The second-order valence-corrected chi connectivity index (χ2v) is 3.46. The molecule has 2 unspecified atom stereocenters. The molecule has 3 nitrogen and oxygen atoms in total. The van der Waals surface area contributed by atoms with Crippen LogP contribution in [0.25, 0.3) is 0 Å². The molecule has 0 radical (unpaired) electrons. The summed E-state index contributed by atoms with van der Waals surface area (Å²) in [6.07, 6.45) is 7.21. The molecule has 0 saturated carbocycles. The SMILES string of the molecule is NC1C=CC(C(=O)C2=CCCO2)C1. The first-order chi connectivity index (χ1) is 6.27. The van der Waals surface area contributed by atoms with Crippen molar-refractivity contribution in [2.75, 3.05) is 6.61 Å². The Morgan fingerprint density at radius 1 is 1.54 bits per heavy atom. The molecule has 0 bridgehead atoms. The van der Waals surface area contributed by atoms with Gasteiger partial charge in [0.1, 0.15) is 0 Å². The number of allylic oxidation sites excluding steroid dienone is 2. The number of carbonyl (C=O) groups excluding carboxylic acids is 1. The van der Waals surface area contributed by atoms with Gasteiger partial charge in [-0.25, -0.2) is 0 Å². The van der Waals surface area contributed by atoms with Crippen LogP contribution in [-0.4, -0.2) is 18.4 Å². The van der Waals surface area contributed by atoms with E-state index in [-0.39, 0.29) is 17.7 Å². The highest BCUT2D eigenvalue weighted by molar-refractivity contribution is 5.97. The van der Waals surface area contributed by atoms with Crippen molar-refractivity contribution in [1.29, 1.82) is 0 Å². The van der Waals surface area contributed by atoms with E-state index in [1.165, 1.54) is 0 Å². The zero-order chi connectivity index (χ0) is 9.26. The summed E-state index contributed by atoms with van der Waals surface area (Å²) >= 11 is 0. The van der Waals surface area contributed by atoms with E-state index in [1.807, 2.05) is 18.2 Å². The van der Waals surface area contributed by atoms with Crippen LogP contribution in [0, 0.1) is 5.92 Å². The smallest absolute Gasteiger partial charge is 0.203 e. The van der Waals surface area contributed by atoms with E-state index in [9.17, 15) is 4.79 Å². The van der Waals surface area contributed by atoms with Gasteiger partial charge in [0, 0.05) is 18.4 Å². The monoisotopic (exact) mass is 179 g/mol. The van der Waals surface area contributed by atoms with Crippen molar-refractivity contribution < 1.29 is 9.53 Å². The lowest BCUT2D eigenvalue weighted by Gasteiger charge is -2.08. The third-order valence-corrected chi connectivity index (χ3v) is 2.40. The highest BCUT2D eigenvalue weighted by Crippen LogP contribution is 2.23. The molecular formula is C10H13NO2. The summed E-state index contributed by atoms with van der Waals surface area (Å²) in [7, 11) is 0. The molecule has 1 aliphatic heterocycles. The third kappa shape index (κ3) is 1.65. The fraction of sp³-hybridized carbons (Fsp3) is 0.500. The van der Waals surface area contributed by atoms with Crippen molar-refractivity contribution in [1.82, 2.24) is 0 Å². The second kappa shape index (κ2) is 3.34. The Morgan fingerprint density at radius 2 is 2.38 bits per heavy atom. The minimum Gasteiger partial charge on any atom is -0.490 e. The number of ether oxygens (including phenoxy) is 1. The third-order valence-electron chi connectivity index (χ3n) is 2.40. The Labute approximate surface area is 77.2 Å². The Morgan fingerprint density at radius 3 is 2.92 bits per heavy atom. The molecule has 2 N–H and O–H groups in total. The van der Waals surface area contributed by atoms with Crippen LogP contribution in [0.4, 0.5) is 0 Å². The summed E-state index contributed by atoms with van der Waals surface area (Å²) in [5.41, 5.74) is 5.66. The molecule has 0 aromatic rings. The van der Waals surface area contributed by atoms with Crippen LogP contribution in [0.1, 0.15) is 12.8 Å². The zero-order valence-corrected chi connectivity index (χ0v) is 7.40. The zero-order valence-electron chi connectivity index (χ0n) is 7.40. The van der Waals surface area contributed by atoms with Crippen LogP contribution in [0.3, 0.4) is 0 Å². The first-order valence-electron chi connectivity index (χ1n) is 4.58. The van der Waals surface area contributed by atoms with E-state index in [2.05, 4.69) is 0 Å². The lowest BCUT2D eigenvalue weighted by molar-refractivity contribution is -0.120. The molecule has 70 valence electrons. The highest BCUT2D eigenvalue weighted by atomic mass is 16.5. The maximum atomic E-state index is 11.7. The molecule has 3 heteroatoms. The molecule has 0 aromatic heterocycles. The lowest BCUT2D eigenvalue weighted by atomic mass is 10.0. The minimum atomic E-state index is -0.0562. The fourth-order valence-corrected chi connectivity index (χ4v) is 1.69. The maximum absolute atomic E-state index is 11.7. The van der Waals surface area contributed by atoms with Gasteiger partial charge in [-0.05, 0) is 12.5 Å². The standard InChI is InChI=1S/C10H13NO2/c11-8-4-3-7(6-8)10(12)9-2-1-5-13-9/h2-4,7-8H,1,5-6,11H2. The van der Waals surface area contributed by atoms with Gasteiger partial charge in [0.15, 0.2) is 5.76 Å². The number of ketones is 1. The van der Waals surface area contributed by atoms with Crippen molar-refractivity contribution in [3.63, 3.8) is 0 Å². The first kappa shape index (κ1) is 8.51. The summed E-state index contributed by atoms with van der Waals surface area (Å²) in [6, 6.07) is 0.0379. The molecule has 0 fully saturated rings. The van der Waals surface area contributed by atoms with Gasteiger partial charge in [0.2, 0.25) is 5.78 Å². The van der Waals surface area contributed by atoms with Crippen LogP contribution in [0.15, 0.2) is 24.0 Å². The van der Waals surface area contributed by atoms with Crippen LogP contribution >= 0.6 is 0 Å². The minimum absolute atomic E-state index is 0.0379. The molecule has 0 amide bonds. The van der Waals surface area contributed by atoms with Crippen molar-refractivity contribution in [3.8, 4) is 0 Å². The number of nitrogens with two attached hydrogens (primary N) is 1. The molecule has 2 aliphatic rings. The largest absolute Gasteiger partial charge is 0.490 e. The quantitative estimate of drug-likeness (QED) is 0.637. The van der Waals surface area contributed by atoms with E-state index in [0.717, 1.165) is 12.8 Å². The van der Waals surface area contributed by atoms with E-state index < -0.39 is 0 Å². The van der Waals surface area contributed by atoms with Crippen LogP contribution in [-0.2, 0) is 9.53 Å². The normalized spacial score (nSPS) is 31.6. The predicted octanol–water partition coefficient (Wildman–Crippen LogP) is 0.763. The number of rotatable bonds is 2. The number of Topliss-reactive ketones (excluding diaryl/α,β-unsaturated/α-hetero) is 1. The van der Waals surface area contributed by atoms with Crippen LogP contribution < -0.4 is 5.73 Å². The van der Waals surface area contributed by atoms with E-state index in [4.69, 9.17) is 10.5 Å². The van der Waals surface area contributed by atoms with Gasteiger partial charge in [-0.1, -0.05) is 12.2 Å². The Bertz CT molecular complexity index is 281. The van der Waals surface area contributed by atoms with Gasteiger partial charge in [-0.3, -0.25) is 4.79 Å². The molecular weight excluding hydrogens is 166 g/mol. The molecule has 2 rings (SSSR count). The van der Waals surface area contributed by atoms with Gasteiger partial charge in [0.25, 0.3) is 0 Å². The summed E-state index contributed by atoms with van der Waals surface area (Å²) in [5, 5.41) is 0. The molecule has 1 heterocycles. The summed E-state index contributed by atoms with van der Waals surface area (Å²) in [4.78, 5) is 11.7. The second-order valence-electron chi connectivity index (χ2n) is 3.46. The van der Waals surface area contributed by atoms with Crippen molar-refractivity contribution in [3.05, 3.63) is 24.0 Å². The maximum Gasteiger partial charge on any atom is 0.203 e. The lowest BCUT2D eigenvalue weighted by Crippen LogP contribution is -2.20. The van der Waals surface area contributed by atoms with Crippen molar-refractivity contribution in [2.45, 2.75) is 18.9 Å². The van der Waals surface area contributed by atoms with E-state index in [1.54, 1.807) is 0 Å². The van der Waals surface area contributed by atoms with Gasteiger partial charge in [0.05, 0.1) is 6.61 Å². The topological polar surface area (TPSA) is 52.3 Å². The molecule has 0 aromatic carbocycles. The Kier molecular flexibility index (Phi) is 2.19. The first-order valence-corrected chi connectivity index (χ1v) is 4.58. The highest BCUT2D eigenvalue weighted by Gasteiger charge is 2.27. The molecule has 13 heavy (non-hydrogen) atoms. The number of hydrogen-bond donors (Lipinski definition) is 1. The van der Waals surface area contributed by atoms with Crippen LogP contribution in [0.2, 0.25) is 0 Å². The molecule has 1 aliphatic carbocycles. The predicted molar refractivity (Wildman–Crippen MR) is 48.9 cm³/mol. The Balaban J connectivity index is 2.02. The van der Waals surface area contributed by atoms with Gasteiger partial charge >= 0.3 is 0 Å². The summed E-state index contributed by atoms with van der Waals surface area (Å²) in [5.74, 6) is 0.560. The average Bonchev–Trinajstić information content (AvgIpc) is 2.72. The Hall–Kier alpha value is -1.09. The average molecular weight is 179 g/mol. The molecule has 2 atom stereocenters. The fourth-order valence-electron chi connectivity index (χ4n) is 1.69. The van der Waals surface area contributed by atoms with E-state index in [0.29, 0.717) is 12.4 Å².